The molecule has 1 aromatic heterocycles. The van der Waals surface area contributed by atoms with Crippen LogP contribution in [-0.4, -0.2) is 41.2 Å². The number of likely N-dealkylation sites (tertiary alicyclic amines) is 1. The third-order valence-corrected chi connectivity index (χ3v) is 4.48. The summed E-state index contributed by atoms with van der Waals surface area (Å²) >= 11 is 0. The molecule has 5 nitrogen and oxygen atoms in total. The fourth-order valence-corrected chi connectivity index (χ4v) is 3.11. The number of Topliss-reactive ketones (excluding diaryl/α,β-unsaturated/α-hetero) is 1. The molecule has 2 aromatic rings. The van der Waals surface area contributed by atoms with E-state index in [1.165, 1.54) is 19.8 Å². The molecule has 3 rings (SSSR count). The molecule has 0 radical (unpaired) electrons. The minimum absolute atomic E-state index is 0.0537. The molecule has 1 aliphatic rings. The first kappa shape index (κ1) is 16.5. The summed E-state index contributed by atoms with van der Waals surface area (Å²) in [6.07, 6.45) is 4.01. The number of nitrogens with one attached hydrogen (secondary N) is 2. The van der Waals surface area contributed by atoms with E-state index in [-0.39, 0.29) is 17.7 Å². The van der Waals surface area contributed by atoms with E-state index in [1.807, 2.05) is 30.3 Å². The van der Waals surface area contributed by atoms with Gasteiger partial charge in [0, 0.05) is 18.3 Å². The molecule has 24 heavy (non-hydrogen) atoms. The van der Waals surface area contributed by atoms with E-state index in [1.54, 1.807) is 12.3 Å². The van der Waals surface area contributed by atoms with Gasteiger partial charge in [-0.1, -0.05) is 30.3 Å². The molecule has 0 aliphatic carbocycles. The van der Waals surface area contributed by atoms with Crippen molar-refractivity contribution < 1.29 is 9.59 Å². The molecule has 2 heterocycles. The summed E-state index contributed by atoms with van der Waals surface area (Å²) in [5.41, 5.74) is 2.04. The average molecular weight is 325 g/mol. The highest BCUT2D eigenvalue weighted by atomic mass is 16.2. The molecule has 126 valence electrons. The van der Waals surface area contributed by atoms with Crippen molar-refractivity contribution in [3.63, 3.8) is 0 Å². The maximum absolute atomic E-state index is 12.6. The molecule has 1 atom stereocenters. The van der Waals surface area contributed by atoms with Gasteiger partial charge in [-0.15, -0.1) is 0 Å². The van der Waals surface area contributed by atoms with Gasteiger partial charge in [0.25, 0.3) is 5.91 Å². The molecule has 1 amide bonds. The van der Waals surface area contributed by atoms with Gasteiger partial charge in [-0.05, 0) is 44.5 Å². The van der Waals surface area contributed by atoms with Crippen molar-refractivity contribution in [1.82, 2.24) is 15.2 Å². The highest BCUT2D eigenvalue weighted by Gasteiger charge is 2.22. The van der Waals surface area contributed by atoms with Gasteiger partial charge in [0.05, 0.1) is 6.04 Å². The average Bonchev–Trinajstić information content (AvgIpc) is 3.26. The van der Waals surface area contributed by atoms with Gasteiger partial charge in [-0.2, -0.15) is 0 Å². The number of aromatic nitrogens is 1. The first-order chi connectivity index (χ1) is 11.6. The number of benzene rings is 1. The minimum Gasteiger partial charge on any atom is -0.356 e. The molecule has 0 bridgehead atoms. The van der Waals surface area contributed by atoms with Crippen LogP contribution in [0.3, 0.4) is 0 Å². The molecular formula is C19H23N3O2. The number of rotatable bonds is 6. The van der Waals surface area contributed by atoms with Crippen molar-refractivity contribution in [3.05, 3.63) is 59.4 Å². The number of carbonyl (C=O) groups excluding carboxylic acids is 2. The van der Waals surface area contributed by atoms with Crippen LogP contribution < -0.4 is 5.32 Å². The third kappa shape index (κ3) is 3.92. The summed E-state index contributed by atoms with van der Waals surface area (Å²) in [7, 11) is 0. The van der Waals surface area contributed by atoms with Crippen LogP contribution >= 0.6 is 0 Å². The van der Waals surface area contributed by atoms with E-state index in [0.717, 1.165) is 25.2 Å². The largest absolute Gasteiger partial charge is 0.356 e. The van der Waals surface area contributed by atoms with Crippen LogP contribution in [0.5, 0.6) is 0 Å². The fourth-order valence-electron chi connectivity index (χ4n) is 3.11. The summed E-state index contributed by atoms with van der Waals surface area (Å²) in [6, 6.07) is 11.6. The number of H-pyrrole nitrogens is 1. The number of nitrogens with zero attached hydrogens (tertiary/aromatic N) is 1. The van der Waals surface area contributed by atoms with Crippen LogP contribution in [0.1, 0.15) is 52.2 Å². The van der Waals surface area contributed by atoms with Crippen LogP contribution in [0.2, 0.25) is 0 Å². The number of ketones is 1. The Kier molecular flexibility index (Phi) is 5.11. The maximum atomic E-state index is 12.6. The topological polar surface area (TPSA) is 65.2 Å². The first-order valence-electron chi connectivity index (χ1n) is 8.41. The minimum atomic E-state index is -0.185. The highest BCUT2D eigenvalue weighted by Crippen LogP contribution is 2.18. The van der Waals surface area contributed by atoms with Crippen molar-refractivity contribution in [2.45, 2.75) is 25.8 Å². The van der Waals surface area contributed by atoms with E-state index in [4.69, 9.17) is 0 Å². The molecule has 0 saturated carbocycles. The van der Waals surface area contributed by atoms with Crippen LogP contribution in [0.15, 0.2) is 42.6 Å². The molecule has 1 unspecified atom stereocenters. The Hall–Kier alpha value is -2.40. The zero-order valence-electron chi connectivity index (χ0n) is 13.9. The Bertz CT molecular complexity index is 702. The molecule has 5 heteroatoms. The first-order valence-corrected chi connectivity index (χ1v) is 8.41. The number of hydrogen-bond acceptors (Lipinski definition) is 3. The van der Waals surface area contributed by atoms with Gasteiger partial charge in [0.1, 0.15) is 5.69 Å². The predicted octanol–water partition coefficient (Wildman–Crippen LogP) is 2.78. The van der Waals surface area contributed by atoms with Crippen LogP contribution in [-0.2, 0) is 0 Å². The third-order valence-electron chi connectivity index (χ3n) is 4.48. The van der Waals surface area contributed by atoms with Gasteiger partial charge in [-0.3, -0.25) is 9.59 Å². The Morgan fingerprint density at radius 2 is 1.92 bits per heavy atom. The Morgan fingerprint density at radius 3 is 2.54 bits per heavy atom. The maximum Gasteiger partial charge on any atom is 0.268 e. The predicted molar refractivity (Wildman–Crippen MR) is 93.1 cm³/mol. The smallest absolute Gasteiger partial charge is 0.268 e. The summed E-state index contributed by atoms with van der Waals surface area (Å²) < 4.78 is 0. The molecular weight excluding hydrogens is 302 g/mol. The SMILES string of the molecule is CC(=O)c1c[nH]c(C(=O)NC(CN2CCCC2)c2ccccc2)c1. The molecule has 2 N–H and O–H groups in total. The van der Waals surface area contributed by atoms with Gasteiger partial charge in [-0.25, -0.2) is 0 Å². The Balaban J connectivity index is 1.74. The normalized spacial score (nSPS) is 16.0. The van der Waals surface area contributed by atoms with E-state index < -0.39 is 0 Å². The van der Waals surface area contributed by atoms with E-state index in [0.29, 0.717) is 11.3 Å². The van der Waals surface area contributed by atoms with Crippen LogP contribution in [0.4, 0.5) is 0 Å². The zero-order chi connectivity index (χ0) is 16.9. The number of hydrogen-bond donors (Lipinski definition) is 2. The lowest BCUT2D eigenvalue weighted by Gasteiger charge is -2.24. The fraction of sp³-hybridized carbons (Fsp3) is 0.368. The number of carbonyl (C=O) groups is 2. The van der Waals surface area contributed by atoms with Gasteiger partial charge in [0.2, 0.25) is 0 Å². The van der Waals surface area contributed by atoms with Crippen LogP contribution in [0.25, 0.3) is 0 Å². The van der Waals surface area contributed by atoms with E-state index >= 15 is 0 Å². The van der Waals surface area contributed by atoms with E-state index in [9.17, 15) is 9.59 Å². The quantitative estimate of drug-likeness (QED) is 0.803. The second kappa shape index (κ2) is 7.45. The monoisotopic (exact) mass is 325 g/mol. The molecule has 1 saturated heterocycles. The molecule has 1 aromatic carbocycles. The lowest BCUT2D eigenvalue weighted by atomic mass is 10.1. The van der Waals surface area contributed by atoms with Crippen molar-refractivity contribution in [2.75, 3.05) is 19.6 Å². The zero-order valence-corrected chi connectivity index (χ0v) is 13.9. The summed E-state index contributed by atoms with van der Waals surface area (Å²) in [4.78, 5) is 29.2. The summed E-state index contributed by atoms with van der Waals surface area (Å²) in [5.74, 6) is -0.238. The van der Waals surface area contributed by atoms with Gasteiger partial charge in [0.15, 0.2) is 5.78 Å². The van der Waals surface area contributed by atoms with Crippen molar-refractivity contribution in [1.29, 1.82) is 0 Å². The van der Waals surface area contributed by atoms with Crippen molar-refractivity contribution in [2.24, 2.45) is 0 Å². The van der Waals surface area contributed by atoms with Gasteiger partial charge < -0.3 is 15.2 Å². The lowest BCUT2D eigenvalue weighted by molar-refractivity contribution is 0.0922. The van der Waals surface area contributed by atoms with Crippen LogP contribution in [0, 0.1) is 0 Å². The van der Waals surface area contributed by atoms with Crippen molar-refractivity contribution >= 4 is 11.7 Å². The molecule has 0 spiro atoms. The number of amides is 1. The standard InChI is InChI=1S/C19H23N3O2/c1-14(23)16-11-17(20-12-16)19(24)21-18(13-22-9-5-6-10-22)15-7-3-2-4-8-15/h2-4,7-8,11-12,18,20H,5-6,9-10,13H2,1H3,(H,21,24). The highest BCUT2D eigenvalue weighted by molar-refractivity contribution is 5.99. The summed E-state index contributed by atoms with van der Waals surface area (Å²) in [6.45, 7) is 4.45. The number of aromatic amines is 1. The Morgan fingerprint density at radius 1 is 1.21 bits per heavy atom. The second-order valence-electron chi connectivity index (χ2n) is 6.30. The van der Waals surface area contributed by atoms with Crippen molar-refractivity contribution in [3.8, 4) is 0 Å². The Labute approximate surface area is 142 Å². The van der Waals surface area contributed by atoms with E-state index in [2.05, 4.69) is 15.2 Å². The molecule has 1 aliphatic heterocycles. The summed E-state index contributed by atoms with van der Waals surface area (Å²) in [5, 5.41) is 3.11. The lowest BCUT2D eigenvalue weighted by Crippen LogP contribution is -2.37. The molecule has 1 fully saturated rings. The second-order valence-corrected chi connectivity index (χ2v) is 6.30. The van der Waals surface area contributed by atoms with Gasteiger partial charge >= 0.3 is 0 Å².